The van der Waals surface area contributed by atoms with Crippen LogP contribution in [0.4, 0.5) is 0 Å². The molecule has 0 bridgehead atoms. The summed E-state index contributed by atoms with van der Waals surface area (Å²) in [5.74, 6) is -0.815. The zero-order valence-electron chi connectivity index (χ0n) is 8.99. The second kappa shape index (κ2) is 4.30. The lowest BCUT2D eigenvalue weighted by atomic mass is 9.72. The zero-order valence-corrected chi connectivity index (χ0v) is 8.99. The minimum absolute atomic E-state index is 0.0556. The van der Waals surface area contributed by atoms with Crippen molar-refractivity contribution in [2.45, 2.75) is 52.1 Å². The van der Waals surface area contributed by atoms with Crippen molar-refractivity contribution in [3.8, 4) is 0 Å². The molecule has 1 aliphatic rings. The van der Waals surface area contributed by atoms with E-state index in [1.807, 2.05) is 6.92 Å². The van der Waals surface area contributed by atoms with Crippen LogP contribution in [0.5, 0.6) is 0 Å². The topological polar surface area (TPSA) is 57.5 Å². The van der Waals surface area contributed by atoms with E-state index >= 15 is 0 Å². The van der Waals surface area contributed by atoms with Gasteiger partial charge in [0.2, 0.25) is 0 Å². The van der Waals surface area contributed by atoms with E-state index in [1.54, 1.807) is 6.92 Å². The quantitative estimate of drug-likeness (QED) is 0.730. The van der Waals surface area contributed by atoms with Crippen molar-refractivity contribution >= 4 is 5.97 Å². The van der Waals surface area contributed by atoms with E-state index in [2.05, 4.69) is 0 Å². The molecule has 3 heteroatoms. The first-order valence-electron chi connectivity index (χ1n) is 5.44. The number of rotatable bonds is 4. The fraction of sp³-hybridized carbons (Fsp3) is 0.909. The number of hydrogen-bond donors (Lipinski definition) is 2. The molecule has 0 aromatic heterocycles. The Morgan fingerprint density at radius 3 is 2.50 bits per heavy atom. The number of carboxylic acids is 1. The highest BCUT2D eigenvalue weighted by molar-refractivity contribution is 5.74. The van der Waals surface area contributed by atoms with Crippen molar-refractivity contribution in [2.24, 2.45) is 11.3 Å². The van der Waals surface area contributed by atoms with Crippen LogP contribution in [0.2, 0.25) is 0 Å². The molecule has 0 amide bonds. The predicted molar refractivity (Wildman–Crippen MR) is 54.0 cm³/mol. The fourth-order valence-electron chi connectivity index (χ4n) is 2.65. The molecule has 0 radical (unpaired) electrons. The van der Waals surface area contributed by atoms with Gasteiger partial charge in [-0.1, -0.05) is 19.8 Å². The van der Waals surface area contributed by atoms with Crippen LogP contribution < -0.4 is 0 Å². The largest absolute Gasteiger partial charge is 0.481 e. The molecule has 14 heavy (non-hydrogen) atoms. The van der Waals surface area contributed by atoms with Crippen LogP contribution in [0.25, 0.3) is 0 Å². The third-order valence-corrected chi connectivity index (χ3v) is 3.56. The maximum atomic E-state index is 11.2. The minimum atomic E-state index is -0.759. The lowest BCUT2D eigenvalue weighted by Gasteiger charge is -2.33. The van der Waals surface area contributed by atoms with Gasteiger partial charge in [-0.2, -0.15) is 0 Å². The summed E-state index contributed by atoms with van der Waals surface area (Å²) in [5, 5.41) is 19.0. The van der Waals surface area contributed by atoms with Crippen LogP contribution in [0.1, 0.15) is 46.0 Å². The van der Waals surface area contributed by atoms with Gasteiger partial charge < -0.3 is 10.2 Å². The summed E-state index contributed by atoms with van der Waals surface area (Å²) in [6.07, 6.45) is 3.66. The molecule has 0 aromatic rings. The molecule has 1 aliphatic carbocycles. The molecule has 2 N–H and O–H groups in total. The number of carboxylic acid groups (broad SMARTS) is 1. The normalized spacial score (nSPS) is 31.4. The van der Waals surface area contributed by atoms with Gasteiger partial charge in [-0.05, 0) is 26.2 Å². The van der Waals surface area contributed by atoms with Gasteiger partial charge in [-0.15, -0.1) is 0 Å². The summed E-state index contributed by atoms with van der Waals surface area (Å²) in [4.78, 5) is 11.2. The number of aliphatic hydroxyl groups is 1. The Hall–Kier alpha value is -0.570. The summed E-state index contributed by atoms with van der Waals surface area (Å²) in [6, 6.07) is 0. The molecule has 0 spiro atoms. The van der Waals surface area contributed by atoms with Gasteiger partial charge in [-0.25, -0.2) is 0 Å². The molecule has 1 saturated carbocycles. The van der Waals surface area contributed by atoms with Crippen LogP contribution in [-0.4, -0.2) is 22.3 Å². The van der Waals surface area contributed by atoms with E-state index in [4.69, 9.17) is 0 Å². The maximum absolute atomic E-state index is 11.2. The first-order valence-corrected chi connectivity index (χ1v) is 5.44. The third-order valence-electron chi connectivity index (χ3n) is 3.56. The Kier molecular flexibility index (Phi) is 3.53. The number of hydrogen-bond acceptors (Lipinski definition) is 2. The summed E-state index contributed by atoms with van der Waals surface area (Å²) >= 11 is 0. The van der Waals surface area contributed by atoms with Crippen molar-refractivity contribution < 1.29 is 15.0 Å². The molecule has 0 saturated heterocycles. The van der Waals surface area contributed by atoms with Gasteiger partial charge in [0, 0.05) is 5.92 Å². The summed E-state index contributed by atoms with van der Waals surface area (Å²) in [6.45, 7) is 3.76. The average molecular weight is 200 g/mol. The van der Waals surface area contributed by atoms with Crippen LogP contribution in [0.3, 0.4) is 0 Å². The second-order valence-electron chi connectivity index (χ2n) is 4.58. The molecule has 82 valence electrons. The molecule has 0 aromatic carbocycles. The Morgan fingerprint density at radius 1 is 1.50 bits per heavy atom. The van der Waals surface area contributed by atoms with Crippen molar-refractivity contribution in [3.63, 3.8) is 0 Å². The molecule has 0 aliphatic heterocycles. The molecule has 0 heterocycles. The second-order valence-corrected chi connectivity index (χ2v) is 4.58. The van der Waals surface area contributed by atoms with E-state index in [1.165, 1.54) is 0 Å². The Labute approximate surface area is 85.1 Å². The highest BCUT2D eigenvalue weighted by Gasteiger charge is 2.45. The van der Waals surface area contributed by atoms with E-state index < -0.39 is 17.5 Å². The van der Waals surface area contributed by atoms with Gasteiger partial charge >= 0.3 is 5.97 Å². The molecule has 1 rings (SSSR count). The third kappa shape index (κ3) is 1.92. The monoisotopic (exact) mass is 200 g/mol. The van der Waals surface area contributed by atoms with Gasteiger partial charge in [0.15, 0.2) is 0 Å². The van der Waals surface area contributed by atoms with Gasteiger partial charge in [0.05, 0.1) is 11.5 Å². The first-order chi connectivity index (χ1) is 6.52. The van der Waals surface area contributed by atoms with Crippen LogP contribution in [-0.2, 0) is 4.79 Å². The van der Waals surface area contributed by atoms with Crippen LogP contribution >= 0.6 is 0 Å². The fourth-order valence-corrected chi connectivity index (χ4v) is 2.65. The number of aliphatic carboxylic acids is 1. The minimum Gasteiger partial charge on any atom is -0.481 e. The first kappa shape index (κ1) is 11.5. The van der Waals surface area contributed by atoms with E-state index in [0.717, 1.165) is 25.7 Å². The predicted octanol–water partition coefficient (Wildman–Crippen LogP) is 2.04. The molecular weight excluding hydrogens is 180 g/mol. The lowest BCUT2D eigenvalue weighted by molar-refractivity contribution is -0.154. The molecule has 3 atom stereocenters. The van der Waals surface area contributed by atoms with Crippen LogP contribution in [0, 0.1) is 11.3 Å². The highest BCUT2D eigenvalue weighted by Crippen LogP contribution is 2.43. The average Bonchev–Trinajstić information content (AvgIpc) is 2.51. The Morgan fingerprint density at radius 2 is 2.14 bits per heavy atom. The number of carbonyl (C=O) groups is 1. The van der Waals surface area contributed by atoms with E-state index in [0.29, 0.717) is 6.42 Å². The van der Waals surface area contributed by atoms with Crippen LogP contribution in [0.15, 0.2) is 0 Å². The SMILES string of the molecule is CCCC(C)(C(=O)O)C1CCCC1O. The zero-order chi connectivity index (χ0) is 10.8. The summed E-state index contributed by atoms with van der Waals surface area (Å²) < 4.78 is 0. The van der Waals surface area contributed by atoms with Crippen molar-refractivity contribution in [3.05, 3.63) is 0 Å². The van der Waals surface area contributed by atoms with Gasteiger partial charge in [0.1, 0.15) is 0 Å². The lowest BCUT2D eigenvalue weighted by Crippen LogP contribution is -2.39. The van der Waals surface area contributed by atoms with E-state index in [-0.39, 0.29) is 5.92 Å². The smallest absolute Gasteiger partial charge is 0.309 e. The number of aliphatic hydroxyl groups excluding tert-OH is 1. The highest BCUT2D eigenvalue weighted by atomic mass is 16.4. The summed E-state index contributed by atoms with van der Waals surface area (Å²) in [5.41, 5.74) is -0.731. The van der Waals surface area contributed by atoms with Gasteiger partial charge in [-0.3, -0.25) is 4.79 Å². The molecular formula is C11H20O3. The van der Waals surface area contributed by atoms with Crippen molar-refractivity contribution in [1.29, 1.82) is 0 Å². The molecule has 3 nitrogen and oxygen atoms in total. The van der Waals surface area contributed by atoms with Crippen molar-refractivity contribution in [2.75, 3.05) is 0 Å². The Balaban J connectivity index is 2.80. The standard InChI is InChI=1S/C11H20O3/c1-3-7-11(2,10(13)14)8-5-4-6-9(8)12/h8-9,12H,3-7H2,1-2H3,(H,13,14). The maximum Gasteiger partial charge on any atom is 0.309 e. The van der Waals surface area contributed by atoms with Crippen molar-refractivity contribution in [1.82, 2.24) is 0 Å². The Bertz CT molecular complexity index is 215. The molecule has 3 unspecified atom stereocenters. The van der Waals surface area contributed by atoms with Gasteiger partial charge in [0.25, 0.3) is 0 Å². The molecule has 1 fully saturated rings. The summed E-state index contributed by atoms with van der Waals surface area (Å²) in [7, 11) is 0. The van der Waals surface area contributed by atoms with E-state index in [9.17, 15) is 15.0 Å².